The molecule has 1 aromatic heterocycles. The van der Waals surface area contributed by atoms with Gasteiger partial charge in [0.05, 0.1) is 11.1 Å². The monoisotopic (exact) mass is 242 g/mol. The molecule has 3 rings (SSSR count). The first kappa shape index (κ1) is 11.6. The van der Waals surface area contributed by atoms with Gasteiger partial charge >= 0.3 is 0 Å². The van der Waals surface area contributed by atoms with Gasteiger partial charge in [0.25, 0.3) is 0 Å². The first-order valence-corrected chi connectivity index (χ1v) is 6.44. The van der Waals surface area contributed by atoms with E-state index in [9.17, 15) is 5.11 Å². The number of hydrogen-bond acceptors (Lipinski definition) is 3. The van der Waals surface area contributed by atoms with Crippen LogP contribution in [0.1, 0.15) is 18.4 Å². The SMILES string of the molecule is CN1CCC(O)(c2ccc3ncccc3c2)CC1. The standard InChI is InChI=1S/C15H18N2O/c1-17-9-6-15(18,7-10-17)13-4-5-14-12(11-13)3-2-8-16-14/h2-5,8,11,18H,6-7,9-10H2,1H3. The zero-order valence-electron chi connectivity index (χ0n) is 10.6. The van der Waals surface area contributed by atoms with Crippen LogP contribution in [0.25, 0.3) is 10.9 Å². The van der Waals surface area contributed by atoms with Gasteiger partial charge < -0.3 is 10.0 Å². The van der Waals surface area contributed by atoms with Crippen LogP contribution in [0.15, 0.2) is 36.5 Å². The van der Waals surface area contributed by atoms with Gasteiger partial charge in [-0.1, -0.05) is 12.1 Å². The molecule has 0 radical (unpaired) electrons. The van der Waals surface area contributed by atoms with Crippen LogP contribution in [0, 0.1) is 0 Å². The Balaban J connectivity index is 1.98. The Morgan fingerprint density at radius 3 is 2.78 bits per heavy atom. The van der Waals surface area contributed by atoms with E-state index in [1.807, 2.05) is 24.3 Å². The summed E-state index contributed by atoms with van der Waals surface area (Å²) in [6.45, 7) is 1.89. The van der Waals surface area contributed by atoms with Crippen LogP contribution in [0.2, 0.25) is 0 Å². The predicted molar refractivity (Wildman–Crippen MR) is 72.4 cm³/mol. The molecular formula is C15H18N2O. The van der Waals surface area contributed by atoms with Crippen molar-refractivity contribution < 1.29 is 5.11 Å². The lowest BCUT2D eigenvalue weighted by Gasteiger charge is -2.37. The summed E-state index contributed by atoms with van der Waals surface area (Å²) in [5.74, 6) is 0. The molecule has 1 aromatic carbocycles. The molecule has 0 unspecified atom stereocenters. The van der Waals surface area contributed by atoms with Crippen LogP contribution < -0.4 is 0 Å². The molecule has 1 aliphatic heterocycles. The topological polar surface area (TPSA) is 36.4 Å². The molecule has 0 bridgehead atoms. The van der Waals surface area contributed by atoms with Crippen LogP contribution in [0.4, 0.5) is 0 Å². The van der Waals surface area contributed by atoms with E-state index in [1.54, 1.807) is 6.20 Å². The van der Waals surface area contributed by atoms with Crippen LogP contribution >= 0.6 is 0 Å². The van der Waals surface area contributed by atoms with Crippen molar-refractivity contribution in [1.82, 2.24) is 9.88 Å². The Morgan fingerprint density at radius 1 is 1.22 bits per heavy atom. The van der Waals surface area contributed by atoms with E-state index in [0.29, 0.717) is 0 Å². The number of aliphatic hydroxyl groups is 1. The second-order valence-electron chi connectivity index (χ2n) is 5.25. The minimum absolute atomic E-state index is 0.670. The van der Waals surface area contributed by atoms with Gasteiger partial charge in [-0.25, -0.2) is 0 Å². The van der Waals surface area contributed by atoms with E-state index in [-0.39, 0.29) is 0 Å². The van der Waals surface area contributed by atoms with Gasteiger partial charge in [-0.05, 0) is 43.7 Å². The van der Waals surface area contributed by atoms with Crippen LogP contribution in [0.3, 0.4) is 0 Å². The summed E-state index contributed by atoms with van der Waals surface area (Å²) < 4.78 is 0. The summed E-state index contributed by atoms with van der Waals surface area (Å²) in [5.41, 5.74) is 1.34. The Labute approximate surface area is 107 Å². The largest absolute Gasteiger partial charge is 0.385 e. The van der Waals surface area contributed by atoms with Gasteiger partial charge in [-0.15, -0.1) is 0 Å². The van der Waals surface area contributed by atoms with E-state index in [4.69, 9.17) is 0 Å². The van der Waals surface area contributed by atoms with Crippen molar-refractivity contribution in [3.8, 4) is 0 Å². The van der Waals surface area contributed by atoms with Crippen molar-refractivity contribution in [2.45, 2.75) is 18.4 Å². The van der Waals surface area contributed by atoms with Gasteiger partial charge in [-0.2, -0.15) is 0 Å². The van der Waals surface area contributed by atoms with Gasteiger partial charge in [0.1, 0.15) is 0 Å². The maximum absolute atomic E-state index is 10.8. The number of fused-ring (bicyclic) bond motifs is 1. The number of likely N-dealkylation sites (tertiary alicyclic amines) is 1. The molecule has 94 valence electrons. The molecule has 0 amide bonds. The van der Waals surface area contributed by atoms with E-state index >= 15 is 0 Å². The zero-order valence-corrected chi connectivity index (χ0v) is 10.6. The molecule has 3 nitrogen and oxygen atoms in total. The second-order valence-corrected chi connectivity index (χ2v) is 5.25. The fourth-order valence-corrected chi connectivity index (χ4v) is 2.64. The van der Waals surface area contributed by atoms with Crippen LogP contribution in [-0.2, 0) is 5.60 Å². The molecule has 1 N–H and O–H groups in total. The molecule has 0 atom stereocenters. The van der Waals surface area contributed by atoms with Gasteiger partial charge in [0, 0.05) is 24.7 Å². The van der Waals surface area contributed by atoms with E-state index in [0.717, 1.165) is 42.4 Å². The number of hydrogen-bond donors (Lipinski definition) is 1. The minimum atomic E-state index is -0.670. The highest BCUT2D eigenvalue weighted by molar-refractivity contribution is 5.79. The summed E-state index contributed by atoms with van der Waals surface area (Å²) in [4.78, 5) is 6.57. The fourth-order valence-electron chi connectivity index (χ4n) is 2.64. The predicted octanol–water partition coefficient (Wildman–Crippen LogP) is 2.15. The van der Waals surface area contributed by atoms with Gasteiger partial charge in [0.2, 0.25) is 0 Å². The fraction of sp³-hybridized carbons (Fsp3) is 0.400. The van der Waals surface area contributed by atoms with Crippen molar-refractivity contribution in [3.05, 3.63) is 42.1 Å². The number of nitrogens with zero attached hydrogens (tertiary/aromatic N) is 2. The first-order chi connectivity index (χ1) is 8.67. The van der Waals surface area contributed by atoms with E-state index in [2.05, 4.69) is 23.0 Å². The van der Waals surface area contributed by atoms with Crippen LogP contribution in [-0.4, -0.2) is 35.1 Å². The average molecular weight is 242 g/mol. The molecule has 2 heterocycles. The highest BCUT2D eigenvalue weighted by Gasteiger charge is 2.32. The van der Waals surface area contributed by atoms with Crippen molar-refractivity contribution in [2.24, 2.45) is 0 Å². The molecule has 1 fully saturated rings. The lowest BCUT2D eigenvalue weighted by molar-refractivity contribution is -0.0202. The highest BCUT2D eigenvalue weighted by atomic mass is 16.3. The third kappa shape index (κ3) is 2.00. The summed E-state index contributed by atoms with van der Waals surface area (Å²) in [5, 5.41) is 11.9. The molecule has 18 heavy (non-hydrogen) atoms. The maximum Gasteiger partial charge on any atom is 0.0921 e. The number of piperidine rings is 1. The van der Waals surface area contributed by atoms with Crippen molar-refractivity contribution in [2.75, 3.05) is 20.1 Å². The molecule has 0 aliphatic carbocycles. The first-order valence-electron chi connectivity index (χ1n) is 6.44. The summed E-state index contributed by atoms with van der Waals surface area (Å²) in [6.07, 6.45) is 3.40. The lowest BCUT2D eigenvalue weighted by atomic mass is 9.84. The van der Waals surface area contributed by atoms with Crippen LogP contribution in [0.5, 0.6) is 0 Å². The number of rotatable bonds is 1. The molecule has 0 spiro atoms. The normalized spacial score (nSPS) is 20.1. The Morgan fingerprint density at radius 2 is 2.00 bits per heavy atom. The second kappa shape index (κ2) is 4.34. The maximum atomic E-state index is 10.8. The number of aromatic nitrogens is 1. The number of pyridine rings is 1. The van der Waals surface area contributed by atoms with Gasteiger partial charge in [0.15, 0.2) is 0 Å². The van der Waals surface area contributed by atoms with Crippen molar-refractivity contribution >= 4 is 10.9 Å². The lowest BCUT2D eigenvalue weighted by Crippen LogP contribution is -2.40. The Kier molecular flexibility index (Phi) is 2.80. The molecule has 1 aliphatic rings. The average Bonchev–Trinajstić information content (AvgIpc) is 2.42. The smallest absolute Gasteiger partial charge is 0.0921 e. The molecular weight excluding hydrogens is 224 g/mol. The van der Waals surface area contributed by atoms with Gasteiger partial charge in [-0.3, -0.25) is 4.98 Å². The summed E-state index contributed by atoms with van der Waals surface area (Å²) in [7, 11) is 2.10. The zero-order chi connectivity index (χ0) is 12.6. The summed E-state index contributed by atoms with van der Waals surface area (Å²) in [6, 6.07) is 10.1. The third-order valence-electron chi connectivity index (χ3n) is 3.95. The number of benzene rings is 1. The van der Waals surface area contributed by atoms with Crippen molar-refractivity contribution in [3.63, 3.8) is 0 Å². The molecule has 3 heteroatoms. The Hall–Kier alpha value is -1.45. The quantitative estimate of drug-likeness (QED) is 0.832. The highest BCUT2D eigenvalue weighted by Crippen LogP contribution is 2.33. The van der Waals surface area contributed by atoms with Crippen molar-refractivity contribution in [1.29, 1.82) is 0 Å². The molecule has 0 saturated carbocycles. The summed E-state index contributed by atoms with van der Waals surface area (Å²) >= 11 is 0. The molecule has 2 aromatic rings. The third-order valence-corrected chi connectivity index (χ3v) is 3.95. The Bertz CT molecular complexity index is 559. The van der Waals surface area contributed by atoms with E-state index in [1.165, 1.54) is 0 Å². The van der Waals surface area contributed by atoms with E-state index < -0.39 is 5.60 Å². The minimum Gasteiger partial charge on any atom is -0.385 e. The molecule has 1 saturated heterocycles.